The third kappa shape index (κ3) is 2.20. The zero-order valence-corrected chi connectivity index (χ0v) is 12.2. The van der Waals surface area contributed by atoms with Crippen molar-refractivity contribution in [2.45, 2.75) is 20.8 Å². The molecule has 0 aliphatic carbocycles. The highest BCUT2D eigenvalue weighted by atomic mass is 32.1. The van der Waals surface area contributed by atoms with Gasteiger partial charge in [-0.15, -0.1) is 11.3 Å². The summed E-state index contributed by atoms with van der Waals surface area (Å²) in [5.41, 5.74) is 4.68. The summed E-state index contributed by atoms with van der Waals surface area (Å²) in [5.74, 6) is 0.899. The monoisotopic (exact) mass is 262 g/mol. The average molecular weight is 262 g/mol. The van der Waals surface area contributed by atoms with Gasteiger partial charge in [-0.1, -0.05) is 0 Å². The van der Waals surface area contributed by atoms with Crippen LogP contribution in [0.15, 0.2) is 12.1 Å². The van der Waals surface area contributed by atoms with Crippen molar-refractivity contribution in [2.75, 3.05) is 19.5 Å². The lowest BCUT2D eigenvalue weighted by Crippen LogP contribution is -1.93. The van der Waals surface area contributed by atoms with Gasteiger partial charge in [0.05, 0.1) is 12.8 Å². The summed E-state index contributed by atoms with van der Waals surface area (Å²) in [4.78, 5) is 5.87. The predicted molar refractivity (Wildman–Crippen MR) is 77.9 cm³/mol. The molecule has 0 aliphatic heterocycles. The number of aryl methyl sites for hydroxylation is 3. The number of hydrogen-bond acceptors (Lipinski definition) is 4. The van der Waals surface area contributed by atoms with E-state index in [1.807, 2.05) is 7.05 Å². The predicted octanol–water partition coefficient (Wildman–Crippen LogP) is 3.79. The minimum Gasteiger partial charge on any atom is -0.497 e. The second kappa shape index (κ2) is 4.98. The van der Waals surface area contributed by atoms with E-state index in [0.717, 1.165) is 16.6 Å². The van der Waals surface area contributed by atoms with Gasteiger partial charge >= 0.3 is 0 Å². The van der Waals surface area contributed by atoms with Crippen molar-refractivity contribution in [2.24, 2.45) is 0 Å². The van der Waals surface area contributed by atoms with Gasteiger partial charge in [-0.3, -0.25) is 0 Å². The lowest BCUT2D eigenvalue weighted by atomic mass is 9.99. The highest BCUT2D eigenvalue weighted by Crippen LogP contribution is 2.35. The fourth-order valence-electron chi connectivity index (χ4n) is 2.15. The highest BCUT2D eigenvalue weighted by molar-refractivity contribution is 7.16. The van der Waals surface area contributed by atoms with Crippen LogP contribution in [0.3, 0.4) is 0 Å². The Morgan fingerprint density at radius 2 is 1.78 bits per heavy atom. The molecule has 0 saturated carbocycles. The molecule has 0 amide bonds. The molecular formula is C14H18N2OS. The van der Waals surface area contributed by atoms with Gasteiger partial charge in [0.2, 0.25) is 0 Å². The molecule has 0 bridgehead atoms. The molecule has 0 spiro atoms. The van der Waals surface area contributed by atoms with Gasteiger partial charge in [-0.2, -0.15) is 0 Å². The minimum absolute atomic E-state index is 0.899. The van der Waals surface area contributed by atoms with Crippen molar-refractivity contribution in [3.63, 3.8) is 0 Å². The van der Waals surface area contributed by atoms with E-state index >= 15 is 0 Å². The molecule has 1 aromatic heterocycles. The molecule has 1 N–H and O–H groups in total. The first kappa shape index (κ1) is 12.9. The minimum atomic E-state index is 0.899. The molecule has 2 aromatic rings. The van der Waals surface area contributed by atoms with Crippen LogP contribution in [-0.4, -0.2) is 19.1 Å². The van der Waals surface area contributed by atoms with Gasteiger partial charge in [0.1, 0.15) is 5.75 Å². The summed E-state index contributed by atoms with van der Waals surface area (Å²) in [7, 11) is 3.59. The van der Waals surface area contributed by atoms with Crippen LogP contribution in [0.5, 0.6) is 5.75 Å². The Morgan fingerprint density at radius 3 is 2.22 bits per heavy atom. The van der Waals surface area contributed by atoms with Gasteiger partial charge in [-0.25, -0.2) is 4.98 Å². The Balaban J connectivity index is 2.59. The molecular weight excluding hydrogens is 244 g/mol. The van der Waals surface area contributed by atoms with E-state index in [1.165, 1.54) is 21.6 Å². The zero-order chi connectivity index (χ0) is 13.3. The molecule has 1 heterocycles. The molecule has 2 rings (SSSR count). The molecule has 0 saturated heterocycles. The van der Waals surface area contributed by atoms with Crippen LogP contribution in [0.1, 0.15) is 16.0 Å². The van der Waals surface area contributed by atoms with Crippen molar-refractivity contribution in [3.05, 3.63) is 28.1 Å². The number of aromatic nitrogens is 1. The maximum absolute atomic E-state index is 5.29. The Labute approximate surface area is 112 Å². The number of ether oxygens (including phenoxy) is 1. The lowest BCUT2D eigenvalue weighted by molar-refractivity contribution is 0.414. The first-order chi connectivity index (χ1) is 8.56. The summed E-state index contributed by atoms with van der Waals surface area (Å²) < 4.78 is 5.29. The van der Waals surface area contributed by atoms with Crippen LogP contribution < -0.4 is 10.1 Å². The lowest BCUT2D eigenvalue weighted by Gasteiger charge is -2.11. The summed E-state index contributed by atoms with van der Waals surface area (Å²) in [6, 6.07) is 4.11. The fraction of sp³-hybridized carbons (Fsp3) is 0.357. The third-order valence-electron chi connectivity index (χ3n) is 2.99. The number of rotatable bonds is 3. The molecule has 96 valence electrons. The molecule has 3 nitrogen and oxygen atoms in total. The Kier molecular flexibility index (Phi) is 3.57. The molecule has 0 atom stereocenters. The SMILES string of the molecule is CNc1nc(-c2c(C)cc(OC)cc2C)c(C)s1. The van der Waals surface area contributed by atoms with Crippen molar-refractivity contribution >= 4 is 16.5 Å². The maximum Gasteiger partial charge on any atom is 0.183 e. The normalized spacial score (nSPS) is 10.5. The van der Waals surface area contributed by atoms with Crippen molar-refractivity contribution < 1.29 is 4.74 Å². The molecule has 18 heavy (non-hydrogen) atoms. The molecule has 1 aromatic carbocycles. The van der Waals surface area contributed by atoms with Crippen molar-refractivity contribution in [1.82, 2.24) is 4.98 Å². The van der Waals surface area contributed by atoms with Gasteiger partial charge < -0.3 is 10.1 Å². The van der Waals surface area contributed by atoms with Crippen LogP contribution in [0.25, 0.3) is 11.3 Å². The number of anilines is 1. The van der Waals surface area contributed by atoms with Crippen molar-refractivity contribution in [1.29, 1.82) is 0 Å². The molecule has 0 unspecified atom stereocenters. The average Bonchev–Trinajstić information content (AvgIpc) is 2.70. The maximum atomic E-state index is 5.29. The van der Waals surface area contributed by atoms with Crippen LogP contribution in [0.2, 0.25) is 0 Å². The second-order valence-electron chi connectivity index (χ2n) is 4.31. The fourth-order valence-corrected chi connectivity index (χ4v) is 2.92. The van der Waals surface area contributed by atoms with Crippen molar-refractivity contribution in [3.8, 4) is 17.0 Å². The number of nitrogens with one attached hydrogen (secondary N) is 1. The van der Waals surface area contributed by atoms with Crippen LogP contribution in [0, 0.1) is 20.8 Å². The van der Waals surface area contributed by atoms with Gasteiger partial charge in [0, 0.05) is 17.5 Å². The Morgan fingerprint density at radius 1 is 1.17 bits per heavy atom. The summed E-state index contributed by atoms with van der Waals surface area (Å²) in [6.45, 7) is 6.31. The number of thiazole rings is 1. The van der Waals surface area contributed by atoms with E-state index in [0.29, 0.717) is 0 Å². The summed E-state index contributed by atoms with van der Waals surface area (Å²) in [6.07, 6.45) is 0. The summed E-state index contributed by atoms with van der Waals surface area (Å²) in [5, 5.41) is 4.06. The van der Waals surface area contributed by atoms with Gasteiger partial charge in [0.25, 0.3) is 0 Å². The van der Waals surface area contributed by atoms with Crippen LogP contribution in [0.4, 0.5) is 5.13 Å². The number of nitrogens with zero attached hydrogens (tertiary/aromatic N) is 1. The van der Waals surface area contributed by atoms with E-state index in [-0.39, 0.29) is 0 Å². The van der Waals surface area contributed by atoms with Gasteiger partial charge in [-0.05, 0) is 44.0 Å². The smallest absolute Gasteiger partial charge is 0.183 e. The Hall–Kier alpha value is -1.55. The molecule has 0 fully saturated rings. The van der Waals surface area contributed by atoms with E-state index in [4.69, 9.17) is 4.74 Å². The highest BCUT2D eigenvalue weighted by Gasteiger charge is 2.14. The third-order valence-corrected chi connectivity index (χ3v) is 3.98. The topological polar surface area (TPSA) is 34.2 Å². The molecule has 0 aliphatic rings. The van der Waals surface area contributed by atoms with Gasteiger partial charge in [0.15, 0.2) is 5.13 Å². The van der Waals surface area contributed by atoms with Crippen LogP contribution in [-0.2, 0) is 0 Å². The zero-order valence-electron chi connectivity index (χ0n) is 11.4. The van der Waals surface area contributed by atoms with E-state index in [2.05, 4.69) is 43.2 Å². The van der Waals surface area contributed by atoms with E-state index in [1.54, 1.807) is 18.4 Å². The van der Waals surface area contributed by atoms with E-state index < -0.39 is 0 Å². The van der Waals surface area contributed by atoms with Crippen LogP contribution >= 0.6 is 11.3 Å². The largest absolute Gasteiger partial charge is 0.497 e. The first-order valence-electron chi connectivity index (χ1n) is 5.87. The number of methoxy groups -OCH3 is 1. The standard InChI is InChI=1S/C14H18N2OS/c1-8-6-11(17-5)7-9(2)12(8)13-10(3)18-14(15-4)16-13/h6-7H,1-5H3,(H,15,16). The number of benzene rings is 1. The summed E-state index contributed by atoms with van der Waals surface area (Å²) >= 11 is 1.68. The molecule has 4 heteroatoms. The van der Waals surface area contributed by atoms with E-state index in [9.17, 15) is 0 Å². The Bertz CT molecular complexity index is 552. The number of hydrogen-bond donors (Lipinski definition) is 1. The second-order valence-corrected chi connectivity index (χ2v) is 5.51. The first-order valence-corrected chi connectivity index (χ1v) is 6.69. The quantitative estimate of drug-likeness (QED) is 0.914. The molecule has 0 radical (unpaired) electrons.